The fourth-order valence-corrected chi connectivity index (χ4v) is 2.65. The van der Waals surface area contributed by atoms with Gasteiger partial charge in [0.25, 0.3) is 0 Å². The summed E-state index contributed by atoms with van der Waals surface area (Å²) in [6.45, 7) is 0.525. The molecule has 2 rings (SSSR count). The third kappa shape index (κ3) is 4.31. The first-order valence-electron chi connectivity index (χ1n) is 6.51. The number of nitrogens with zero attached hydrogens (tertiary/aromatic N) is 2. The molecule has 0 aliphatic heterocycles. The number of nitrogens with one attached hydrogen (secondary N) is 2. The molecule has 1 aromatic heterocycles. The van der Waals surface area contributed by atoms with Crippen molar-refractivity contribution >= 4 is 17.3 Å². The summed E-state index contributed by atoms with van der Waals surface area (Å²) in [7, 11) is 1.56. The zero-order valence-corrected chi connectivity index (χ0v) is 12.3. The summed E-state index contributed by atoms with van der Waals surface area (Å²) >= 11 is 0.942. The van der Waals surface area contributed by atoms with E-state index in [9.17, 15) is 18.3 Å². The van der Waals surface area contributed by atoms with Crippen molar-refractivity contribution < 1.29 is 18.3 Å². The Morgan fingerprint density at radius 3 is 2.67 bits per heavy atom. The Kier molecular flexibility index (Phi) is 4.72. The largest absolute Gasteiger partial charge is 0.434 e. The minimum Gasteiger partial charge on any atom is -0.388 e. The molecule has 0 amide bonds. The standard InChI is InChI=1S/C12H17F3N4OS/c1-16-10(18-7-11(20)3-2-4-11)17-5-9-19-8(6-21-9)12(13,14)15/h6,20H,2-5,7H2,1H3,(H2,16,17,18). The number of aliphatic hydroxyl groups is 1. The number of aliphatic imine (C=N–C) groups is 1. The SMILES string of the molecule is CN=C(NCc1nc(C(F)(F)F)cs1)NCC1(O)CCC1. The van der Waals surface area contributed by atoms with Crippen LogP contribution in [-0.2, 0) is 12.7 Å². The van der Waals surface area contributed by atoms with Gasteiger partial charge in [-0.25, -0.2) is 4.98 Å². The zero-order chi connectivity index (χ0) is 15.5. The van der Waals surface area contributed by atoms with Gasteiger partial charge in [0.15, 0.2) is 11.7 Å². The van der Waals surface area contributed by atoms with E-state index in [1.807, 2.05) is 0 Å². The number of thiazole rings is 1. The monoisotopic (exact) mass is 322 g/mol. The van der Waals surface area contributed by atoms with Crippen molar-refractivity contribution in [3.63, 3.8) is 0 Å². The highest BCUT2D eigenvalue weighted by atomic mass is 32.1. The van der Waals surface area contributed by atoms with Crippen LogP contribution in [0.3, 0.4) is 0 Å². The van der Waals surface area contributed by atoms with E-state index in [4.69, 9.17) is 0 Å². The molecule has 1 aromatic rings. The number of aromatic nitrogens is 1. The van der Waals surface area contributed by atoms with Crippen LogP contribution in [0.15, 0.2) is 10.4 Å². The van der Waals surface area contributed by atoms with Crippen molar-refractivity contribution in [1.29, 1.82) is 0 Å². The highest BCUT2D eigenvalue weighted by molar-refractivity contribution is 7.09. The molecule has 0 spiro atoms. The predicted molar refractivity (Wildman–Crippen MR) is 74.1 cm³/mol. The number of halogens is 3. The summed E-state index contributed by atoms with van der Waals surface area (Å²) in [5, 5.41) is 17.1. The number of alkyl halides is 3. The molecule has 21 heavy (non-hydrogen) atoms. The second-order valence-electron chi connectivity index (χ2n) is 4.98. The Hall–Kier alpha value is -1.35. The van der Waals surface area contributed by atoms with Crippen LogP contribution < -0.4 is 10.6 Å². The van der Waals surface area contributed by atoms with Crippen LogP contribution in [0.25, 0.3) is 0 Å². The number of hydrogen-bond donors (Lipinski definition) is 3. The first-order chi connectivity index (χ1) is 9.82. The maximum Gasteiger partial charge on any atom is 0.434 e. The molecule has 9 heteroatoms. The van der Waals surface area contributed by atoms with E-state index in [2.05, 4.69) is 20.6 Å². The predicted octanol–water partition coefficient (Wildman–Crippen LogP) is 1.74. The Morgan fingerprint density at radius 1 is 1.48 bits per heavy atom. The lowest BCUT2D eigenvalue weighted by Crippen LogP contribution is -2.50. The molecule has 0 atom stereocenters. The lowest BCUT2D eigenvalue weighted by Gasteiger charge is -2.36. The summed E-state index contributed by atoms with van der Waals surface area (Å²) in [6, 6.07) is 0. The maximum atomic E-state index is 12.4. The van der Waals surface area contributed by atoms with E-state index in [-0.39, 0.29) is 6.54 Å². The van der Waals surface area contributed by atoms with Gasteiger partial charge in [0.1, 0.15) is 5.01 Å². The van der Waals surface area contributed by atoms with E-state index < -0.39 is 17.5 Å². The van der Waals surface area contributed by atoms with Gasteiger partial charge in [-0.3, -0.25) is 4.99 Å². The van der Waals surface area contributed by atoms with Crippen molar-refractivity contribution in [1.82, 2.24) is 15.6 Å². The van der Waals surface area contributed by atoms with Crippen molar-refractivity contribution in [3.8, 4) is 0 Å². The van der Waals surface area contributed by atoms with Crippen molar-refractivity contribution in [2.24, 2.45) is 4.99 Å². The van der Waals surface area contributed by atoms with Gasteiger partial charge in [-0.2, -0.15) is 13.2 Å². The van der Waals surface area contributed by atoms with Gasteiger partial charge in [0.2, 0.25) is 0 Å². The van der Waals surface area contributed by atoms with Gasteiger partial charge in [-0.05, 0) is 19.3 Å². The quantitative estimate of drug-likeness (QED) is 0.583. The Balaban J connectivity index is 1.81. The third-order valence-corrected chi connectivity index (χ3v) is 4.19. The molecule has 0 bridgehead atoms. The second-order valence-corrected chi connectivity index (χ2v) is 5.92. The molecule has 1 heterocycles. The molecule has 0 aromatic carbocycles. The molecule has 3 N–H and O–H groups in total. The minimum atomic E-state index is -4.41. The minimum absolute atomic E-state index is 0.152. The first kappa shape index (κ1) is 16.0. The number of hydrogen-bond acceptors (Lipinski definition) is 4. The molecule has 0 radical (unpaired) electrons. The third-order valence-electron chi connectivity index (χ3n) is 3.34. The number of guanidine groups is 1. The highest BCUT2D eigenvalue weighted by Gasteiger charge is 2.34. The van der Waals surface area contributed by atoms with Crippen LogP contribution in [0.5, 0.6) is 0 Å². The van der Waals surface area contributed by atoms with Crippen LogP contribution in [0.2, 0.25) is 0 Å². The van der Waals surface area contributed by atoms with Gasteiger partial charge in [0, 0.05) is 19.0 Å². The summed E-state index contributed by atoms with van der Waals surface area (Å²) in [5.74, 6) is 0.430. The van der Waals surface area contributed by atoms with E-state index in [1.54, 1.807) is 7.05 Å². The molecule has 0 saturated heterocycles. The Morgan fingerprint density at radius 2 is 2.19 bits per heavy atom. The van der Waals surface area contributed by atoms with Crippen LogP contribution >= 0.6 is 11.3 Å². The first-order valence-corrected chi connectivity index (χ1v) is 7.39. The molecular weight excluding hydrogens is 305 g/mol. The molecule has 5 nitrogen and oxygen atoms in total. The molecular formula is C12H17F3N4OS. The fourth-order valence-electron chi connectivity index (χ4n) is 1.91. The summed E-state index contributed by atoms with van der Waals surface area (Å²) in [6.07, 6.45) is -1.91. The summed E-state index contributed by atoms with van der Waals surface area (Å²) < 4.78 is 37.3. The second kappa shape index (κ2) is 6.18. The van der Waals surface area contributed by atoms with E-state index in [0.29, 0.717) is 17.5 Å². The summed E-state index contributed by atoms with van der Waals surface area (Å²) in [4.78, 5) is 7.48. The molecule has 1 aliphatic carbocycles. The van der Waals surface area contributed by atoms with Crippen LogP contribution in [0.1, 0.15) is 30.0 Å². The van der Waals surface area contributed by atoms with E-state index >= 15 is 0 Å². The van der Waals surface area contributed by atoms with Gasteiger partial charge >= 0.3 is 6.18 Å². The van der Waals surface area contributed by atoms with E-state index in [0.717, 1.165) is 36.0 Å². The van der Waals surface area contributed by atoms with Gasteiger partial charge in [-0.1, -0.05) is 0 Å². The highest BCUT2D eigenvalue weighted by Crippen LogP contribution is 2.31. The number of rotatable bonds is 4. The molecule has 0 unspecified atom stereocenters. The smallest absolute Gasteiger partial charge is 0.388 e. The maximum absolute atomic E-state index is 12.4. The molecule has 1 saturated carbocycles. The lowest BCUT2D eigenvalue weighted by molar-refractivity contribution is -0.140. The molecule has 1 aliphatic rings. The van der Waals surface area contributed by atoms with Crippen LogP contribution in [0.4, 0.5) is 13.2 Å². The van der Waals surface area contributed by atoms with Gasteiger partial charge in [0.05, 0.1) is 12.1 Å². The molecule has 118 valence electrons. The average Bonchev–Trinajstić information content (AvgIpc) is 2.85. The Labute approximate surface area is 124 Å². The van der Waals surface area contributed by atoms with Crippen molar-refractivity contribution in [3.05, 3.63) is 16.1 Å². The van der Waals surface area contributed by atoms with Crippen molar-refractivity contribution in [2.75, 3.05) is 13.6 Å². The van der Waals surface area contributed by atoms with Crippen LogP contribution in [-0.4, -0.2) is 35.2 Å². The van der Waals surface area contributed by atoms with E-state index in [1.165, 1.54) is 0 Å². The fraction of sp³-hybridized carbons (Fsp3) is 0.667. The Bertz CT molecular complexity index is 511. The molecule has 1 fully saturated rings. The van der Waals surface area contributed by atoms with Crippen LogP contribution in [0, 0.1) is 0 Å². The van der Waals surface area contributed by atoms with Gasteiger partial charge < -0.3 is 15.7 Å². The van der Waals surface area contributed by atoms with Gasteiger partial charge in [-0.15, -0.1) is 11.3 Å². The lowest BCUT2D eigenvalue weighted by atomic mass is 9.80. The normalized spacial score (nSPS) is 18.2. The summed E-state index contributed by atoms with van der Waals surface area (Å²) in [5.41, 5.74) is -1.57. The average molecular weight is 322 g/mol. The zero-order valence-electron chi connectivity index (χ0n) is 11.5. The topological polar surface area (TPSA) is 69.5 Å². The van der Waals surface area contributed by atoms with Crippen molar-refractivity contribution in [2.45, 2.75) is 37.6 Å².